The summed E-state index contributed by atoms with van der Waals surface area (Å²) in [5.41, 5.74) is 0.219. The lowest BCUT2D eigenvalue weighted by atomic mass is 9.90. The minimum Gasteiger partial charge on any atom is -0.396 e. The van der Waals surface area contributed by atoms with Crippen molar-refractivity contribution in [1.82, 2.24) is 5.09 Å². The van der Waals surface area contributed by atoms with Crippen LogP contribution in [0.15, 0.2) is 0 Å². The number of aliphatic hydroxyl groups is 1. The summed E-state index contributed by atoms with van der Waals surface area (Å²) in [6.45, 7) is 5.46. The molecule has 0 heterocycles. The van der Waals surface area contributed by atoms with Crippen molar-refractivity contribution in [3.8, 4) is 0 Å². The largest absolute Gasteiger partial charge is 0.396 e. The highest BCUT2D eigenvalue weighted by atomic mass is 31.0. The molecular formula is C6H16NOP. The van der Waals surface area contributed by atoms with Crippen LogP contribution < -0.4 is 5.09 Å². The van der Waals surface area contributed by atoms with Crippen LogP contribution in [0.2, 0.25) is 0 Å². The van der Waals surface area contributed by atoms with Gasteiger partial charge in [0.25, 0.3) is 0 Å². The zero-order valence-electron chi connectivity index (χ0n) is 6.15. The van der Waals surface area contributed by atoms with E-state index < -0.39 is 0 Å². The van der Waals surface area contributed by atoms with E-state index in [0.29, 0.717) is 0 Å². The van der Waals surface area contributed by atoms with Crippen LogP contribution in [0, 0.1) is 5.41 Å². The molecule has 0 fully saturated rings. The predicted molar refractivity (Wildman–Crippen MR) is 43.2 cm³/mol. The third kappa shape index (κ3) is 4.83. The van der Waals surface area contributed by atoms with Gasteiger partial charge in [0.1, 0.15) is 0 Å². The fourth-order valence-corrected chi connectivity index (χ4v) is 1.22. The van der Waals surface area contributed by atoms with Crippen molar-refractivity contribution in [2.24, 2.45) is 5.41 Å². The van der Waals surface area contributed by atoms with Gasteiger partial charge in [-0.2, -0.15) is 0 Å². The molecule has 2 N–H and O–H groups in total. The summed E-state index contributed by atoms with van der Waals surface area (Å²) in [5.74, 6) is 0. The molecule has 0 aromatic heterocycles. The van der Waals surface area contributed by atoms with Gasteiger partial charge >= 0.3 is 0 Å². The number of nitrogens with one attached hydrogen (secondary N) is 1. The summed E-state index contributed by atoms with van der Waals surface area (Å²) in [6.07, 6.45) is 0.856. The van der Waals surface area contributed by atoms with Crippen LogP contribution >= 0.6 is 9.39 Å². The van der Waals surface area contributed by atoms with E-state index in [1.54, 1.807) is 0 Å². The van der Waals surface area contributed by atoms with E-state index in [2.05, 4.69) is 28.3 Å². The zero-order valence-corrected chi connectivity index (χ0v) is 7.30. The van der Waals surface area contributed by atoms with Crippen LogP contribution in [-0.2, 0) is 0 Å². The van der Waals surface area contributed by atoms with Crippen molar-refractivity contribution < 1.29 is 5.11 Å². The molecule has 0 amide bonds. The van der Waals surface area contributed by atoms with Gasteiger partial charge in [-0.1, -0.05) is 23.2 Å². The Balaban J connectivity index is 3.43. The van der Waals surface area contributed by atoms with E-state index in [0.717, 1.165) is 13.0 Å². The second kappa shape index (κ2) is 4.21. The first-order valence-corrected chi connectivity index (χ1v) is 3.74. The van der Waals surface area contributed by atoms with Crippen LogP contribution in [0.4, 0.5) is 0 Å². The molecule has 56 valence electrons. The molecular weight excluding hydrogens is 133 g/mol. The molecule has 0 saturated heterocycles. The highest BCUT2D eigenvalue weighted by Crippen LogP contribution is 2.17. The molecule has 3 heteroatoms. The van der Waals surface area contributed by atoms with Crippen molar-refractivity contribution in [3.05, 3.63) is 0 Å². The lowest BCUT2D eigenvalue weighted by Gasteiger charge is -2.22. The molecule has 1 atom stereocenters. The molecule has 1 unspecified atom stereocenters. The number of hydrogen-bond donors (Lipinski definition) is 2. The highest BCUT2D eigenvalue weighted by Gasteiger charge is 2.14. The lowest BCUT2D eigenvalue weighted by molar-refractivity contribution is 0.214. The maximum atomic E-state index is 8.59. The Bertz CT molecular complexity index is 67.5. The standard InChI is InChI=1S/C6H16NOP/c1-6(2,3-4-8)5-7-9/h7-8H,3-5,9H2,1-2H3. The molecule has 0 rings (SSSR count). The molecule has 0 spiro atoms. The molecule has 0 aromatic carbocycles. The normalized spacial score (nSPS) is 12.0. The Labute approximate surface area is 59.3 Å². The van der Waals surface area contributed by atoms with Crippen LogP contribution in [-0.4, -0.2) is 18.3 Å². The summed E-state index contributed by atoms with van der Waals surface area (Å²) in [7, 11) is 2.46. The summed E-state index contributed by atoms with van der Waals surface area (Å²) in [4.78, 5) is 0. The molecule has 0 bridgehead atoms. The second-order valence-electron chi connectivity index (χ2n) is 3.02. The average molecular weight is 149 g/mol. The van der Waals surface area contributed by atoms with Gasteiger partial charge in [-0.3, -0.25) is 0 Å². The number of aliphatic hydroxyl groups excluding tert-OH is 1. The third-order valence-corrected chi connectivity index (χ3v) is 1.57. The third-order valence-electron chi connectivity index (χ3n) is 1.37. The first kappa shape index (κ1) is 9.35. The Morgan fingerprint density at radius 1 is 1.56 bits per heavy atom. The summed E-state index contributed by atoms with van der Waals surface area (Å²) in [6, 6.07) is 0. The Morgan fingerprint density at radius 2 is 2.11 bits per heavy atom. The Kier molecular flexibility index (Phi) is 4.37. The van der Waals surface area contributed by atoms with Crippen molar-refractivity contribution in [3.63, 3.8) is 0 Å². The van der Waals surface area contributed by atoms with Gasteiger partial charge in [-0.15, -0.1) is 0 Å². The fourth-order valence-electron chi connectivity index (χ4n) is 0.667. The van der Waals surface area contributed by atoms with Gasteiger partial charge in [0.15, 0.2) is 0 Å². The minimum absolute atomic E-state index is 0.219. The van der Waals surface area contributed by atoms with Crippen LogP contribution in [0.3, 0.4) is 0 Å². The Hall–Kier alpha value is 0.350. The van der Waals surface area contributed by atoms with E-state index in [1.807, 2.05) is 0 Å². The quantitative estimate of drug-likeness (QED) is 0.579. The van der Waals surface area contributed by atoms with Crippen molar-refractivity contribution in [2.45, 2.75) is 20.3 Å². The first-order chi connectivity index (χ1) is 4.12. The van der Waals surface area contributed by atoms with Crippen LogP contribution in [0.5, 0.6) is 0 Å². The smallest absolute Gasteiger partial charge is 0.0436 e. The zero-order chi connectivity index (χ0) is 7.33. The van der Waals surface area contributed by atoms with Crippen molar-refractivity contribution in [2.75, 3.05) is 13.2 Å². The maximum absolute atomic E-state index is 8.59. The van der Waals surface area contributed by atoms with Crippen LogP contribution in [0.25, 0.3) is 0 Å². The van der Waals surface area contributed by atoms with E-state index >= 15 is 0 Å². The molecule has 9 heavy (non-hydrogen) atoms. The monoisotopic (exact) mass is 149 g/mol. The topological polar surface area (TPSA) is 32.3 Å². The lowest BCUT2D eigenvalue weighted by Crippen LogP contribution is -2.24. The van der Waals surface area contributed by atoms with E-state index in [1.165, 1.54) is 0 Å². The second-order valence-corrected chi connectivity index (χ2v) is 3.43. The average Bonchev–Trinajstić information content (AvgIpc) is 1.64. The van der Waals surface area contributed by atoms with Gasteiger partial charge in [-0.25, -0.2) is 0 Å². The molecule has 0 radical (unpaired) electrons. The maximum Gasteiger partial charge on any atom is 0.0436 e. The minimum atomic E-state index is 0.219. The predicted octanol–water partition coefficient (Wildman–Crippen LogP) is 0.775. The SMILES string of the molecule is CC(C)(CCO)CNP. The van der Waals surface area contributed by atoms with Crippen molar-refractivity contribution in [1.29, 1.82) is 0 Å². The molecule has 0 aliphatic rings. The van der Waals surface area contributed by atoms with E-state index in [9.17, 15) is 0 Å². The molecule has 0 aromatic rings. The van der Waals surface area contributed by atoms with Gasteiger partial charge in [-0.05, 0) is 11.8 Å². The van der Waals surface area contributed by atoms with Crippen LogP contribution in [0.1, 0.15) is 20.3 Å². The number of hydrogen-bond acceptors (Lipinski definition) is 2. The fraction of sp³-hybridized carbons (Fsp3) is 1.00. The van der Waals surface area contributed by atoms with Gasteiger partial charge in [0.05, 0.1) is 0 Å². The molecule has 0 aliphatic carbocycles. The van der Waals surface area contributed by atoms with E-state index in [4.69, 9.17) is 5.11 Å². The first-order valence-electron chi connectivity index (χ1n) is 3.17. The molecule has 0 saturated carbocycles. The van der Waals surface area contributed by atoms with Gasteiger partial charge in [0, 0.05) is 13.2 Å². The van der Waals surface area contributed by atoms with Gasteiger partial charge in [0.2, 0.25) is 0 Å². The summed E-state index contributed by atoms with van der Waals surface area (Å²) >= 11 is 0. The number of rotatable bonds is 4. The molecule has 2 nitrogen and oxygen atoms in total. The summed E-state index contributed by atoms with van der Waals surface area (Å²) < 4.78 is 0. The van der Waals surface area contributed by atoms with Crippen molar-refractivity contribution >= 4 is 9.39 Å². The highest BCUT2D eigenvalue weighted by molar-refractivity contribution is 7.13. The Morgan fingerprint density at radius 3 is 2.44 bits per heavy atom. The van der Waals surface area contributed by atoms with E-state index in [-0.39, 0.29) is 12.0 Å². The molecule has 0 aliphatic heterocycles. The summed E-state index contributed by atoms with van der Waals surface area (Å²) in [5, 5.41) is 11.6. The van der Waals surface area contributed by atoms with Gasteiger partial charge < -0.3 is 10.2 Å².